The number of rotatable bonds is 11. The molecule has 1 aliphatic carbocycles. The van der Waals surface area contributed by atoms with Gasteiger partial charge in [-0.2, -0.15) is 0 Å². The molecule has 0 aliphatic heterocycles. The lowest BCUT2D eigenvalue weighted by Gasteiger charge is -2.25. The normalized spacial score (nSPS) is 13.5. The Kier molecular flexibility index (Phi) is 7.78. The van der Waals surface area contributed by atoms with Gasteiger partial charge in [-0.25, -0.2) is 18.4 Å². The van der Waals surface area contributed by atoms with Crippen LogP contribution < -0.4 is 4.90 Å². The van der Waals surface area contributed by atoms with Crippen LogP contribution in [0.1, 0.15) is 24.0 Å². The van der Waals surface area contributed by atoms with Gasteiger partial charge in [0.15, 0.2) is 0 Å². The van der Waals surface area contributed by atoms with E-state index in [1.54, 1.807) is 36.7 Å². The van der Waals surface area contributed by atoms with Crippen molar-refractivity contribution in [2.75, 3.05) is 18.6 Å². The molecule has 1 aliphatic rings. The van der Waals surface area contributed by atoms with Crippen molar-refractivity contribution < 1.29 is 13.3 Å². The summed E-state index contributed by atoms with van der Waals surface area (Å²) in [6.45, 7) is 0.974. The fourth-order valence-corrected chi connectivity index (χ4v) is 6.40. The highest BCUT2D eigenvalue weighted by Crippen LogP contribution is 2.36. The number of sulfonamides is 1. The van der Waals surface area contributed by atoms with E-state index in [1.807, 2.05) is 36.4 Å². The summed E-state index contributed by atoms with van der Waals surface area (Å²) < 4.78 is 27.3. The van der Waals surface area contributed by atoms with Crippen LogP contribution in [0.2, 0.25) is 0 Å². The van der Waals surface area contributed by atoms with Crippen molar-refractivity contribution in [2.45, 2.75) is 36.7 Å². The van der Waals surface area contributed by atoms with E-state index in [1.165, 1.54) is 25.5 Å². The predicted octanol–water partition coefficient (Wildman–Crippen LogP) is 6.26. The van der Waals surface area contributed by atoms with Crippen molar-refractivity contribution >= 4 is 26.7 Å². The standard InChI is InChI=1S/C33H32N4O3S/c1-40-37(41(38,39)30-13-6-3-7-14-30)23-26-11-8-12-27(21-26)28-15-18-32-31(22-28)33(35-24-34-32)36(29-16-17-29)20-19-25-9-4-2-5-10-25/h2-15,18,21-22,24,29H,16-17,19-20,23H2,1H3. The van der Waals surface area contributed by atoms with Gasteiger partial charge in [-0.3, -0.25) is 4.84 Å². The Morgan fingerprint density at radius 1 is 0.805 bits per heavy atom. The molecule has 1 heterocycles. The zero-order chi connectivity index (χ0) is 28.2. The molecule has 0 spiro atoms. The predicted molar refractivity (Wildman–Crippen MR) is 162 cm³/mol. The minimum Gasteiger partial charge on any atom is -0.353 e. The van der Waals surface area contributed by atoms with E-state index in [2.05, 4.69) is 46.3 Å². The van der Waals surface area contributed by atoms with Crippen LogP contribution in [0.3, 0.4) is 0 Å². The second kappa shape index (κ2) is 11.8. The molecule has 0 amide bonds. The van der Waals surface area contributed by atoms with Crippen molar-refractivity contribution in [2.24, 2.45) is 0 Å². The smallest absolute Gasteiger partial charge is 0.265 e. The quantitative estimate of drug-likeness (QED) is 0.176. The van der Waals surface area contributed by atoms with E-state index in [-0.39, 0.29) is 11.4 Å². The van der Waals surface area contributed by atoms with E-state index in [9.17, 15) is 8.42 Å². The summed E-state index contributed by atoms with van der Waals surface area (Å²) in [5.74, 6) is 0.964. The number of hydroxylamine groups is 1. The Balaban J connectivity index is 1.29. The lowest BCUT2D eigenvalue weighted by molar-refractivity contribution is -0.0556. The lowest BCUT2D eigenvalue weighted by Crippen LogP contribution is -2.29. The maximum atomic E-state index is 13.2. The van der Waals surface area contributed by atoms with E-state index >= 15 is 0 Å². The van der Waals surface area contributed by atoms with Crippen LogP contribution in [0, 0.1) is 0 Å². The summed E-state index contributed by atoms with van der Waals surface area (Å²) in [5, 5.41) is 1.01. The monoisotopic (exact) mass is 564 g/mol. The SMILES string of the molecule is CON(Cc1cccc(-c2ccc3ncnc(N(CCc4ccccc4)C4CC4)c3c2)c1)S(=O)(=O)c1ccccc1. The number of hydrogen-bond acceptors (Lipinski definition) is 6. The molecule has 0 N–H and O–H groups in total. The van der Waals surface area contributed by atoms with Crippen LogP contribution >= 0.6 is 0 Å². The largest absolute Gasteiger partial charge is 0.353 e. The third-order valence-corrected chi connectivity index (χ3v) is 9.13. The van der Waals surface area contributed by atoms with Crippen LogP contribution in [0.4, 0.5) is 5.82 Å². The van der Waals surface area contributed by atoms with Crippen LogP contribution in [-0.2, 0) is 27.8 Å². The molecule has 208 valence electrons. The van der Waals surface area contributed by atoms with Gasteiger partial charge in [-0.15, -0.1) is 0 Å². The molecule has 41 heavy (non-hydrogen) atoms. The van der Waals surface area contributed by atoms with E-state index in [4.69, 9.17) is 9.82 Å². The Morgan fingerprint density at radius 3 is 2.24 bits per heavy atom. The third-order valence-electron chi connectivity index (χ3n) is 7.44. The van der Waals surface area contributed by atoms with Crippen LogP contribution in [0.25, 0.3) is 22.0 Å². The number of fused-ring (bicyclic) bond motifs is 1. The Hall–Kier alpha value is -4.11. The second-order valence-electron chi connectivity index (χ2n) is 10.3. The Bertz CT molecular complexity index is 1740. The number of nitrogens with zero attached hydrogens (tertiary/aromatic N) is 4. The molecule has 4 aromatic carbocycles. The summed E-state index contributed by atoms with van der Waals surface area (Å²) in [6.07, 6.45) is 4.95. The van der Waals surface area contributed by atoms with Gasteiger partial charge in [0.2, 0.25) is 0 Å². The van der Waals surface area contributed by atoms with Crippen LogP contribution in [-0.4, -0.2) is 42.6 Å². The van der Waals surface area contributed by atoms with Gasteiger partial charge in [0, 0.05) is 18.0 Å². The van der Waals surface area contributed by atoms with Gasteiger partial charge in [0.05, 0.1) is 24.1 Å². The fraction of sp³-hybridized carbons (Fsp3) is 0.212. The number of benzene rings is 4. The molecule has 1 aromatic heterocycles. The zero-order valence-electron chi connectivity index (χ0n) is 22.9. The molecular formula is C33H32N4O3S. The first kappa shape index (κ1) is 27.1. The molecule has 0 saturated heterocycles. The van der Waals surface area contributed by atoms with E-state index in [0.717, 1.165) is 50.8 Å². The van der Waals surface area contributed by atoms with Gasteiger partial charge >= 0.3 is 0 Å². The molecular weight excluding hydrogens is 532 g/mol. The Labute approximate surface area is 241 Å². The topological polar surface area (TPSA) is 75.6 Å². The van der Waals surface area contributed by atoms with Crippen molar-refractivity contribution in [3.05, 3.63) is 121 Å². The van der Waals surface area contributed by atoms with Crippen molar-refractivity contribution in [3.8, 4) is 11.1 Å². The minimum absolute atomic E-state index is 0.0818. The molecule has 7 nitrogen and oxygen atoms in total. The molecule has 0 radical (unpaired) electrons. The molecule has 1 saturated carbocycles. The first-order valence-corrected chi connectivity index (χ1v) is 15.2. The average Bonchev–Trinajstić information content (AvgIpc) is 3.86. The van der Waals surface area contributed by atoms with Gasteiger partial charge in [0.25, 0.3) is 10.0 Å². The summed E-state index contributed by atoms with van der Waals surface area (Å²) >= 11 is 0. The summed E-state index contributed by atoms with van der Waals surface area (Å²) in [7, 11) is -2.44. The highest BCUT2D eigenvalue weighted by Gasteiger charge is 2.31. The second-order valence-corrected chi connectivity index (χ2v) is 12.1. The maximum Gasteiger partial charge on any atom is 0.265 e. The van der Waals surface area contributed by atoms with Crippen LogP contribution in [0.15, 0.2) is 114 Å². The van der Waals surface area contributed by atoms with Gasteiger partial charge in [0.1, 0.15) is 12.1 Å². The highest BCUT2D eigenvalue weighted by atomic mass is 32.2. The first-order chi connectivity index (χ1) is 20.0. The average molecular weight is 565 g/mol. The van der Waals surface area contributed by atoms with Gasteiger partial charge in [-0.05, 0) is 71.8 Å². The molecule has 5 aromatic rings. The molecule has 6 rings (SSSR count). The van der Waals surface area contributed by atoms with Gasteiger partial charge < -0.3 is 4.90 Å². The molecule has 0 atom stereocenters. The number of aromatic nitrogens is 2. The summed E-state index contributed by atoms with van der Waals surface area (Å²) in [6, 6.07) is 33.5. The van der Waals surface area contributed by atoms with E-state index < -0.39 is 10.0 Å². The van der Waals surface area contributed by atoms with Crippen LogP contribution in [0.5, 0.6) is 0 Å². The molecule has 0 bridgehead atoms. The zero-order valence-corrected chi connectivity index (χ0v) is 23.7. The molecule has 8 heteroatoms. The lowest BCUT2D eigenvalue weighted by atomic mass is 10.0. The summed E-state index contributed by atoms with van der Waals surface area (Å²) in [5.41, 5.74) is 5.03. The Morgan fingerprint density at radius 2 is 1.51 bits per heavy atom. The van der Waals surface area contributed by atoms with Crippen molar-refractivity contribution in [1.82, 2.24) is 14.4 Å². The molecule has 0 unspecified atom stereocenters. The fourth-order valence-electron chi connectivity index (χ4n) is 5.15. The number of hydrogen-bond donors (Lipinski definition) is 0. The minimum atomic E-state index is -3.81. The highest BCUT2D eigenvalue weighted by molar-refractivity contribution is 7.89. The van der Waals surface area contributed by atoms with Crippen molar-refractivity contribution in [1.29, 1.82) is 0 Å². The van der Waals surface area contributed by atoms with E-state index in [0.29, 0.717) is 6.04 Å². The molecule has 1 fully saturated rings. The van der Waals surface area contributed by atoms with Gasteiger partial charge in [-0.1, -0.05) is 77.3 Å². The first-order valence-electron chi connectivity index (χ1n) is 13.8. The van der Waals surface area contributed by atoms with Crippen molar-refractivity contribution in [3.63, 3.8) is 0 Å². The summed E-state index contributed by atoms with van der Waals surface area (Å²) in [4.78, 5) is 17.3. The third kappa shape index (κ3) is 6.00. The maximum absolute atomic E-state index is 13.2. The number of anilines is 1.